The van der Waals surface area contributed by atoms with Gasteiger partial charge in [0.1, 0.15) is 0 Å². The molecule has 1 atom stereocenters. The largest absolute Gasteiger partial charge is 0.490 e. The quantitative estimate of drug-likeness (QED) is 0.455. The zero-order valence-electron chi connectivity index (χ0n) is 19.4. The van der Waals surface area contributed by atoms with Crippen molar-refractivity contribution in [1.82, 2.24) is 4.31 Å². The van der Waals surface area contributed by atoms with Gasteiger partial charge in [-0.15, -0.1) is 0 Å². The molecule has 0 saturated carbocycles. The molecule has 0 radical (unpaired) electrons. The molecule has 0 amide bonds. The van der Waals surface area contributed by atoms with Gasteiger partial charge in [-0.05, 0) is 38.8 Å². The highest BCUT2D eigenvalue weighted by atomic mass is 32.2. The van der Waals surface area contributed by atoms with Crippen molar-refractivity contribution >= 4 is 21.8 Å². The molecular formula is C25H29NO7S. The van der Waals surface area contributed by atoms with Crippen molar-refractivity contribution in [3.05, 3.63) is 53.6 Å². The van der Waals surface area contributed by atoms with Gasteiger partial charge in [-0.2, -0.15) is 4.31 Å². The summed E-state index contributed by atoms with van der Waals surface area (Å²) in [4.78, 5) is 25.3. The van der Waals surface area contributed by atoms with E-state index in [-0.39, 0.29) is 23.8 Å². The molecule has 2 aromatic carbocycles. The number of ketones is 1. The van der Waals surface area contributed by atoms with Gasteiger partial charge in [0.05, 0.1) is 24.0 Å². The van der Waals surface area contributed by atoms with E-state index >= 15 is 0 Å². The summed E-state index contributed by atoms with van der Waals surface area (Å²) in [7, 11) is -3.74. The molecule has 2 aliphatic heterocycles. The number of ether oxygens (including phenoxy) is 3. The molecule has 182 valence electrons. The summed E-state index contributed by atoms with van der Waals surface area (Å²) in [6.07, 6.45) is 0.483. The van der Waals surface area contributed by atoms with Gasteiger partial charge in [0.2, 0.25) is 15.8 Å². The van der Waals surface area contributed by atoms with Crippen LogP contribution in [0, 0.1) is 12.8 Å². The molecule has 0 N–H and O–H groups in total. The van der Waals surface area contributed by atoms with E-state index in [9.17, 15) is 18.0 Å². The van der Waals surface area contributed by atoms with Gasteiger partial charge in [-0.25, -0.2) is 8.42 Å². The summed E-state index contributed by atoms with van der Waals surface area (Å²) in [5, 5.41) is 0. The topological polar surface area (TPSA) is 99.2 Å². The molecule has 0 spiro atoms. The summed E-state index contributed by atoms with van der Waals surface area (Å²) in [6, 6.07) is 11.7. The zero-order valence-corrected chi connectivity index (χ0v) is 20.2. The van der Waals surface area contributed by atoms with Crippen LogP contribution in [0.1, 0.15) is 42.1 Å². The van der Waals surface area contributed by atoms with Gasteiger partial charge in [0.15, 0.2) is 17.6 Å². The summed E-state index contributed by atoms with van der Waals surface area (Å²) in [5.41, 5.74) is 1.52. The van der Waals surface area contributed by atoms with Gasteiger partial charge in [0, 0.05) is 31.1 Å². The van der Waals surface area contributed by atoms with Crippen LogP contribution in [0.15, 0.2) is 47.4 Å². The fourth-order valence-electron chi connectivity index (χ4n) is 4.06. The predicted octanol–water partition coefficient (Wildman–Crippen LogP) is 3.37. The molecule has 1 saturated heterocycles. The lowest BCUT2D eigenvalue weighted by Gasteiger charge is -2.30. The van der Waals surface area contributed by atoms with Crippen molar-refractivity contribution in [1.29, 1.82) is 0 Å². The maximum Gasteiger partial charge on any atom is 0.309 e. The van der Waals surface area contributed by atoms with Crippen molar-refractivity contribution in [3.8, 4) is 11.5 Å². The minimum atomic E-state index is -3.74. The van der Waals surface area contributed by atoms with Crippen LogP contribution in [0.4, 0.5) is 0 Å². The zero-order chi connectivity index (χ0) is 24.3. The Morgan fingerprint density at radius 1 is 1.00 bits per heavy atom. The minimum absolute atomic E-state index is 0.134. The molecule has 0 bridgehead atoms. The number of hydrogen-bond donors (Lipinski definition) is 0. The van der Waals surface area contributed by atoms with Gasteiger partial charge < -0.3 is 14.2 Å². The fraction of sp³-hybridized carbons (Fsp3) is 0.440. The van der Waals surface area contributed by atoms with E-state index in [0.29, 0.717) is 43.1 Å². The highest BCUT2D eigenvalue weighted by molar-refractivity contribution is 7.89. The first kappa shape index (κ1) is 24.2. The number of rotatable bonds is 6. The number of piperidine rings is 1. The van der Waals surface area contributed by atoms with E-state index in [2.05, 4.69) is 0 Å². The maximum atomic E-state index is 13.2. The SMILES string of the molecule is Cc1ccc(C(=O)C(C)OC(=O)C2CCN(S(=O)(=O)c3ccc4c(c3)OCCCO4)CC2)cc1. The first-order valence-electron chi connectivity index (χ1n) is 11.5. The second-order valence-electron chi connectivity index (χ2n) is 8.65. The van der Waals surface area contributed by atoms with Crippen LogP contribution in [0.25, 0.3) is 0 Å². The molecule has 4 rings (SSSR count). The molecule has 1 unspecified atom stereocenters. The number of hydrogen-bond acceptors (Lipinski definition) is 7. The van der Waals surface area contributed by atoms with Gasteiger partial charge >= 0.3 is 5.97 Å². The van der Waals surface area contributed by atoms with Gasteiger partial charge in [-0.3, -0.25) is 9.59 Å². The third kappa shape index (κ3) is 5.26. The lowest BCUT2D eigenvalue weighted by molar-refractivity contribution is -0.152. The fourth-order valence-corrected chi connectivity index (χ4v) is 5.55. The first-order chi connectivity index (χ1) is 16.3. The molecular weight excluding hydrogens is 458 g/mol. The maximum absolute atomic E-state index is 13.2. The van der Waals surface area contributed by atoms with Crippen LogP contribution in [-0.4, -0.2) is 56.9 Å². The van der Waals surface area contributed by atoms with Crippen molar-refractivity contribution < 1.29 is 32.2 Å². The van der Waals surface area contributed by atoms with E-state index in [0.717, 1.165) is 12.0 Å². The number of esters is 1. The van der Waals surface area contributed by atoms with Crippen LogP contribution in [-0.2, 0) is 19.6 Å². The smallest absolute Gasteiger partial charge is 0.309 e. The molecule has 0 aliphatic carbocycles. The Hall–Kier alpha value is -2.91. The van der Waals surface area contributed by atoms with E-state index in [4.69, 9.17) is 14.2 Å². The highest BCUT2D eigenvalue weighted by Crippen LogP contribution is 2.34. The van der Waals surface area contributed by atoms with Crippen molar-refractivity contribution in [3.63, 3.8) is 0 Å². The monoisotopic (exact) mass is 487 g/mol. The van der Waals surface area contributed by atoms with Gasteiger partial charge in [-0.1, -0.05) is 29.8 Å². The van der Waals surface area contributed by atoms with E-state index in [1.165, 1.54) is 16.4 Å². The Balaban J connectivity index is 1.35. The lowest BCUT2D eigenvalue weighted by Crippen LogP contribution is -2.41. The number of fused-ring (bicyclic) bond motifs is 1. The molecule has 2 aliphatic rings. The number of carbonyl (C=O) groups excluding carboxylic acids is 2. The molecule has 2 aromatic rings. The lowest BCUT2D eigenvalue weighted by atomic mass is 9.98. The van der Waals surface area contributed by atoms with Crippen LogP contribution in [0.3, 0.4) is 0 Å². The highest BCUT2D eigenvalue weighted by Gasteiger charge is 2.34. The second kappa shape index (κ2) is 10.1. The standard InChI is InChI=1S/C25H29NO7S/c1-17-4-6-19(7-5-17)24(27)18(2)33-25(28)20-10-12-26(13-11-20)34(29,30)21-8-9-22-23(16-21)32-15-3-14-31-22/h4-9,16,18,20H,3,10-15H2,1-2H3. The molecule has 2 heterocycles. The van der Waals surface area contributed by atoms with E-state index in [1.807, 2.05) is 19.1 Å². The van der Waals surface area contributed by atoms with E-state index < -0.39 is 28.0 Å². The summed E-state index contributed by atoms with van der Waals surface area (Å²) < 4.78 is 44.3. The Morgan fingerprint density at radius 2 is 1.65 bits per heavy atom. The average molecular weight is 488 g/mol. The van der Waals surface area contributed by atoms with Crippen LogP contribution in [0.5, 0.6) is 11.5 Å². The number of benzene rings is 2. The Morgan fingerprint density at radius 3 is 2.32 bits per heavy atom. The number of aryl methyl sites for hydroxylation is 1. The third-order valence-electron chi connectivity index (χ3n) is 6.14. The molecule has 8 nitrogen and oxygen atoms in total. The first-order valence-corrected chi connectivity index (χ1v) is 12.9. The average Bonchev–Trinajstić information content (AvgIpc) is 3.09. The molecule has 34 heavy (non-hydrogen) atoms. The predicted molar refractivity (Wildman–Crippen MR) is 125 cm³/mol. The number of sulfonamides is 1. The van der Waals surface area contributed by atoms with Crippen molar-refractivity contribution in [2.45, 2.75) is 44.1 Å². The minimum Gasteiger partial charge on any atom is -0.490 e. The van der Waals surface area contributed by atoms with E-state index in [1.54, 1.807) is 25.1 Å². The number of nitrogens with zero attached hydrogens (tertiary/aromatic N) is 1. The van der Waals surface area contributed by atoms with Crippen molar-refractivity contribution in [2.24, 2.45) is 5.92 Å². The number of carbonyl (C=O) groups is 2. The number of Topliss-reactive ketones (excluding diaryl/α,β-unsaturated/α-hetero) is 1. The second-order valence-corrected chi connectivity index (χ2v) is 10.6. The molecule has 0 aromatic heterocycles. The Bertz CT molecular complexity index is 1150. The summed E-state index contributed by atoms with van der Waals surface area (Å²) >= 11 is 0. The Kier molecular flexibility index (Phi) is 7.23. The Labute approximate surface area is 199 Å². The van der Waals surface area contributed by atoms with Crippen LogP contribution < -0.4 is 9.47 Å². The van der Waals surface area contributed by atoms with Crippen molar-refractivity contribution in [2.75, 3.05) is 26.3 Å². The normalized spacial score (nSPS) is 18.1. The molecule has 1 fully saturated rings. The van der Waals surface area contributed by atoms with Gasteiger partial charge in [0.25, 0.3) is 0 Å². The summed E-state index contributed by atoms with van der Waals surface area (Å²) in [5.74, 6) is -0.233. The van der Waals surface area contributed by atoms with Crippen LogP contribution in [0.2, 0.25) is 0 Å². The third-order valence-corrected chi connectivity index (χ3v) is 8.04. The summed E-state index contributed by atoms with van der Waals surface area (Å²) in [6.45, 7) is 4.86. The molecule has 9 heteroatoms. The van der Waals surface area contributed by atoms with Crippen LogP contribution >= 0.6 is 0 Å².